The zero-order valence-electron chi connectivity index (χ0n) is 10.1. The zero-order chi connectivity index (χ0) is 12.7. The average Bonchev–Trinajstić information content (AvgIpc) is 3.09. The van der Waals surface area contributed by atoms with Gasteiger partial charge in [-0.25, -0.2) is 0 Å². The highest BCUT2D eigenvalue weighted by Gasteiger charge is 2.21. The van der Waals surface area contributed by atoms with Gasteiger partial charge in [-0.2, -0.15) is 5.10 Å². The molecule has 94 valence electrons. The van der Waals surface area contributed by atoms with E-state index in [9.17, 15) is 0 Å². The van der Waals surface area contributed by atoms with Crippen LogP contribution in [-0.2, 0) is 12.3 Å². The fraction of sp³-hybridized carbons (Fsp3) is 0.154. The van der Waals surface area contributed by atoms with Crippen molar-refractivity contribution in [2.45, 2.75) is 17.2 Å². The molecule has 0 N–H and O–H groups in total. The van der Waals surface area contributed by atoms with Crippen molar-refractivity contribution >= 4 is 11.8 Å². The van der Waals surface area contributed by atoms with Crippen LogP contribution in [0.25, 0.3) is 5.69 Å². The minimum absolute atomic E-state index is 0.638. The van der Waals surface area contributed by atoms with Gasteiger partial charge in [0, 0.05) is 17.3 Å². The lowest BCUT2D eigenvalue weighted by Crippen LogP contribution is -2.12. The Morgan fingerprint density at radius 3 is 3.00 bits per heavy atom. The Morgan fingerprint density at radius 2 is 2.11 bits per heavy atom. The molecule has 6 heteroatoms. The van der Waals surface area contributed by atoms with E-state index in [0.717, 1.165) is 17.4 Å². The summed E-state index contributed by atoms with van der Waals surface area (Å²) in [5.74, 6) is 2.79. The Kier molecular flexibility index (Phi) is 2.41. The molecule has 0 aliphatic carbocycles. The molecule has 1 aliphatic heterocycles. The summed E-state index contributed by atoms with van der Waals surface area (Å²) < 4.78 is 4.01. The molecule has 0 amide bonds. The van der Waals surface area contributed by atoms with Crippen LogP contribution < -0.4 is 0 Å². The molecule has 0 saturated carbocycles. The molecule has 1 aromatic carbocycles. The first-order valence-corrected chi connectivity index (χ1v) is 7.03. The maximum atomic E-state index is 4.31. The number of para-hydroxylation sites is 1. The SMILES string of the molecule is c1ccc2c(c1)SCc1nnc(Cn3cccn3)n1-2. The molecule has 4 rings (SSSR count). The summed E-state index contributed by atoms with van der Waals surface area (Å²) in [4.78, 5) is 1.27. The summed E-state index contributed by atoms with van der Waals surface area (Å²) in [6, 6.07) is 10.3. The summed E-state index contributed by atoms with van der Waals surface area (Å²) in [7, 11) is 0. The number of hydrogen-bond acceptors (Lipinski definition) is 4. The molecule has 0 unspecified atom stereocenters. The highest BCUT2D eigenvalue weighted by atomic mass is 32.2. The second kappa shape index (κ2) is 4.24. The van der Waals surface area contributed by atoms with Gasteiger partial charge in [-0.05, 0) is 18.2 Å². The molecule has 1 aliphatic rings. The lowest BCUT2D eigenvalue weighted by molar-refractivity contribution is 0.641. The first kappa shape index (κ1) is 10.8. The molecule has 19 heavy (non-hydrogen) atoms. The molecule has 3 aromatic rings. The van der Waals surface area contributed by atoms with E-state index in [-0.39, 0.29) is 0 Å². The molecule has 0 saturated heterocycles. The lowest BCUT2D eigenvalue weighted by atomic mass is 10.3. The predicted octanol–water partition coefficient (Wildman–Crippen LogP) is 2.12. The number of nitrogens with zero attached hydrogens (tertiary/aromatic N) is 5. The van der Waals surface area contributed by atoms with Crippen molar-refractivity contribution in [1.82, 2.24) is 24.5 Å². The van der Waals surface area contributed by atoms with Gasteiger partial charge in [-0.1, -0.05) is 12.1 Å². The topological polar surface area (TPSA) is 48.5 Å². The van der Waals surface area contributed by atoms with Crippen molar-refractivity contribution in [3.05, 3.63) is 54.4 Å². The fourth-order valence-electron chi connectivity index (χ4n) is 2.27. The Bertz CT molecular complexity index is 716. The van der Waals surface area contributed by atoms with Crippen LogP contribution >= 0.6 is 11.8 Å². The molecular weight excluding hydrogens is 258 g/mol. The molecule has 0 fully saturated rings. The zero-order valence-corrected chi connectivity index (χ0v) is 10.9. The second-order valence-corrected chi connectivity index (χ2v) is 5.35. The van der Waals surface area contributed by atoms with Crippen LogP contribution in [0.1, 0.15) is 11.6 Å². The molecule has 3 heterocycles. The summed E-state index contributed by atoms with van der Waals surface area (Å²) in [6.07, 6.45) is 3.71. The Hall–Kier alpha value is -2.08. The Balaban J connectivity index is 1.83. The van der Waals surface area contributed by atoms with Crippen LogP contribution in [0.4, 0.5) is 0 Å². The van der Waals surface area contributed by atoms with Crippen LogP contribution in [0.2, 0.25) is 0 Å². The van der Waals surface area contributed by atoms with Gasteiger partial charge in [0.05, 0.1) is 11.4 Å². The van der Waals surface area contributed by atoms with Crippen LogP contribution in [0.3, 0.4) is 0 Å². The van der Waals surface area contributed by atoms with Gasteiger partial charge < -0.3 is 0 Å². The van der Waals surface area contributed by atoms with Crippen molar-refractivity contribution in [2.75, 3.05) is 0 Å². The third-order valence-corrected chi connectivity index (χ3v) is 4.18. The van der Waals surface area contributed by atoms with Crippen molar-refractivity contribution in [1.29, 1.82) is 0 Å². The summed E-state index contributed by atoms with van der Waals surface area (Å²) in [5.41, 5.74) is 1.17. The highest BCUT2D eigenvalue weighted by Crippen LogP contribution is 2.34. The molecule has 0 radical (unpaired) electrons. The number of benzene rings is 1. The molecular formula is C13H11N5S. The van der Waals surface area contributed by atoms with E-state index < -0.39 is 0 Å². The van der Waals surface area contributed by atoms with Crippen molar-refractivity contribution in [3.8, 4) is 5.69 Å². The number of thioether (sulfide) groups is 1. The van der Waals surface area contributed by atoms with E-state index in [1.165, 1.54) is 10.6 Å². The second-order valence-electron chi connectivity index (χ2n) is 4.33. The van der Waals surface area contributed by atoms with Gasteiger partial charge in [-0.3, -0.25) is 9.25 Å². The van der Waals surface area contributed by atoms with Gasteiger partial charge in [0.2, 0.25) is 0 Å². The Labute approximate surface area is 114 Å². The molecule has 2 aromatic heterocycles. The van der Waals surface area contributed by atoms with E-state index in [4.69, 9.17) is 0 Å². The van der Waals surface area contributed by atoms with E-state index >= 15 is 0 Å². The molecule has 5 nitrogen and oxygen atoms in total. The van der Waals surface area contributed by atoms with Crippen molar-refractivity contribution in [2.24, 2.45) is 0 Å². The minimum Gasteiger partial charge on any atom is -0.280 e. The van der Waals surface area contributed by atoms with Crippen molar-refractivity contribution < 1.29 is 0 Å². The van der Waals surface area contributed by atoms with Gasteiger partial charge in [0.25, 0.3) is 0 Å². The maximum Gasteiger partial charge on any atom is 0.159 e. The van der Waals surface area contributed by atoms with E-state index in [1.54, 1.807) is 18.0 Å². The van der Waals surface area contributed by atoms with Gasteiger partial charge in [-0.15, -0.1) is 22.0 Å². The quantitative estimate of drug-likeness (QED) is 0.715. The largest absolute Gasteiger partial charge is 0.280 e. The Morgan fingerprint density at radius 1 is 1.16 bits per heavy atom. The highest BCUT2D eigenvalue weighted by molar-refractivity contribution is 7.98. The van der Waals surface area contributed by atoms with Crippen LogP contribution in [-0.4, -0.2) is 24.5 Å². The molecule has 0 spiro atoms. The van der Waals surface area contributed by atoms with Crippen molar-refractivity contribution in [3.63, 3.8) is 0 Å². The third kappa shape index (κ3) is 1.76. The first-order valence-electron chi connectivity index (χ1n) is 6.04. The summed E-state index contributed by atoms with van der Waals surface area (Å²) in [6.45, 7) is 0.638. The van der Waals surface area contributed by atoms with Crippen LogP contribution in [0.15, 0.2) is 47.6 Å². The first-order chi connectivity index (χ1) is 9.42. The van der Waals surface area contributed by atoms with E-state index in [0.29, 0.717) is 6.54 Å². The smallest absolute Gasteiger partial charge is 0.159 e. The lowest BCUT2D eigenvalue weighted by Gasteiger charge is -2.18. The van der Waals surface area contributed by atoms with E-state index in [1.807, 2.05) is 23.0 Å². The molecule has 0 atom stereocenters. The number of hydrogen-bond donors (Lipinski definition) is 0. The number of rotatable bonds is 2. The number of aromatic nitrogens is 5. The maximum absolute atomic E-state index is 4.31. The van der Waals surface area contributed by atoms with E-state index in [2.05, 4.69) is 38.1 Å². The summed E-state index contributed by atoms with van der Waals surface area (Å²) in [5, 5.41) is 12.8. The van der Waals surface area contributed by atoms with Gasteiger partial charge in [0.15, 0.2) is 5.82 Å². The van der Waals surface area contributed by atoms with Gasteiger partial charge in [0.1, 0.15) is 12.4 Å². The minimum atomic E-state index is 0.638. The van der Waals surface area contributed by atoms with Crippen LogP contribution in [0.5, 0.6) is 0 Å². The summed E-state index contributed by atoms with van der Waals surface area (Å²) >= 11 is 1.81. The van der Waals surface area contributed by atoms with Gasteiger partial charge >= 0.3 is 0 Å². The predicted molar refractivity (Wildman–Crippen MR) is 72.2 cm³/mol. The standard InChI is InChI=1S/C13H11N5S/c1-2-5-11-10(4-1)18-12(8-17-7-3-6-14-17)15-16-13(18)9-19-11/h1-7H,8-9H2. The fourth-order valence-corrected chi connectivity index (χ4v) is 3.23. The third-order valence-electron chi connectivity index (χ3n) is 3.12. The average molecular weight is 269 g/mol. The normalized spacial score (nSPS) is 13.1. The van der Waals surface area contributed by atoms with Crippen LogP contribution in [0, 0.1) is 0 Å². The number of fused-ring (bicyclic) bond motifs is 3. The molecule has 0 bridgehead atoms. The monoisotopic (exact) mass is 269 g/mol.